The molecule has 2 rings (SSSR count). The topological polar surface area (TPSA) is 76.0 Å². The molecule has 29 heavy (non-hydrogen) atoms. The minimum absolute atomic E-state index is 0.0384. The Morgan fingerprint density at radius 2 is 2.10 bits per heavy atom. The van der Waals surface area contributed by atoms with Gasteiger partial charge in [-0.2, -0.15) is 0 Å². The second-order valence-electron chi connectivity index (χ2n) is 8.60. The maximum atomic E-state index is 11.3. The summed E-state index contributed by atoms with van der Waals surface area (Å²) < 4.78 is 11.3. The van der Waals surface area contributed by atoms with Crippen LogP contribution in [0.4, 0.5) is 0 Å². The van der Waals surface area contributed by atoms with Crippen LogP contribution in [-0.4, -0.2) is 57.5 Å². The number of ether oxygens (including phenoxy) is 2. The first-order valence-electron chi connectivity index (χ1n) is 10.8. The van der Waals surface area contributed by atoms with E-state index in [1.165, 1.54) is 7.11 Å². The highest BCUT2D eigenvalue weighted by Crippen LogP contribution is 2.46. The van der Waals surface area contributed by atoms with Gasteiger partial charge in [-0.15, -0.1) is 11.6 Å². The predicted octanol–water partition coefficient (Wildman–Crippen LogP) is 4.25. The van der Waals surface area contributed by atoms with Crippen molar-refractivity contribution in [3.63, 3.8) is 0 Å². The minimum Gasteiger partial charge on any atom is -0.469 e. The second kappa shape index (κ2) is 12.8. The van der Waals surface area contributed by atoms with Crippen LogP contribution in [-0.2, 0) is 14.3 Å². The number of aliphatic hydroxyl groups is 2. The third-order valence-electron chi connectivity index (χ3n) is 6.27. The van der Waals surface area contributed by atoms with Gasteiger partial charge in [0.25, 0.3) is 0 Å². The lowest BCUT2D eigenvalue weighted by Crippen LogP contribution is -2.24. The highest BCUT2D eigenvalue weighted by molar-refractivity contribution is 14.1. The van der Waals surface area contributed by atoms with E-state index in [9.17, 15) is 15.0 Å². The minimum atomic E-state index is -0.486. The highest BCUT2D eigenvalue weighted by atomic mass is 127. The molecule has 0 bridgehead atoms. The van der Waals surface area contributed by atoms with Gasteiger partial charge < -0.3 is 19.7 Å². The van der Waals surface area contributed by atoms with Crippen LogP contribution in [0.1, 0.15) is 58.3 Å². The summed E-state index contributed by atoms with van der Waals surface area (Å²) >= 11 is 8.17. The van der Waals surface area contributed by atoms with E-state index in [0.29, 0.717) is 34.5 Å². The van der Waals surface area contributed by atoms with Gasteiger partial charge in [0.2, 0.25) is 0 Å². The summed E-state index contributed by atoms with van der Waals surface area (Å²) in [6.45, 7) is 2.14. The van der Waals surface area contributed by atoms with Gasteiger partial charge >= 0.3 is 5.97 Å². The molecule has 7 heteroatoms. The molecule has 1 saturated heterocycles. The second-order valence-corrected chi connectivity index (χ2v) is 10.6. The van der Waals surface area contributed by atoms with Crippen molar-refractivity contribution in [2.45, 2.75) is 86.6 Å². The van der Waals surface area contributed by atoms with Crippen LogP contribution in [0.25, 0.3) is 0 Å². The molecular formula is C22H36ClIO5. The van der Waals surface area contributed by atoms with Crippen molar-refractivity contribution in [1.29, 1.82) is 0 Å². The molecule has 1 aliphatic heterocycles. The molecule has 8 atom stereocenters. The van der Waals surface area contributed by atoms with Crippen molar-refractivity contribution >= 4 is 40.2 Å². The van der Waals surface area contributed by atoms with Crippen molar-refractivity contribution in [2.24, 2.45) is 17.8 Å². The molecule has 2 unspecified atom stereocenters. The molecule has 0 radical (unpaired) electrons. The normalized spacial score (nSPS) is 32.3. The first kappa shape index (κ1) is 25.4. The molecule has 2 aliphatic rings. The summed E-state index contributed by atoms with van der Waals surface area (Å²) in [4.78, 5) is 11.3. The van der Waals surface area contributed by atoms with Crippen LogP contribution in [0.5, 0.6) is 0 Å². The Kier molecular flexibility index (Phi) is 11.2. The molecule has 2 N–H and O–H groups in total. The molecule has 168 valence electrons. The Bertz CT molecular complexity index is 531. The summed E-state index contributed by atoms with van der Waals surface area (Å²) in [5.41, 5.74) is 0. The number of esters is 1. The average Bonchev–Trinajstić information content (AvgIpc) is 3.21. The Hall–Kier alpha value is 0.110. The first-order valence-corrected chi connectivity index (χ1v) is 12.6. The molecule has 0 aromatic carbocycles. The van der Waals surface area contributed by atoms with Gasteiger partial charge in [-0.3, -0.25) is 4.79 Å². The third kappa shape index (κ3) is 7.95. The molecule has 1 aliphatic carbocycles. The zero-order valence-electron chi connectivity index (χ0n) is 17.5. The van der Waals surface area contributed by atoms with Gasteiger partial charge in [0.15, 0.2) is 0 Å². The molecule has 0 amide bonds. The van der Waals surface area contributed by atoms with E-state index in [2.05, 4.69) is 29.5 Å². The fourth-order valence-corrected chi connectivity index (χ4v) is 5.70. The average molecular weight is 543 g/mol. The Morgan fingerprint density at radius 1 is 1.34 bits per heavy atom. The number of methoxy groups -OCH3 is 1. The van der Waals surface area contributed by atoms with Crippen molar-refractivity contribution in [3.8, 4) is 0 Å². The number of carbonyl (C=O) groups excluding carboxylic acids is 1. The van der Waals surface area contributed by atoms with Gasteiger partial charge in [-0.1, -0.05) is 41.7 Å². The zero-order valence-corrected chi connectivity index (χ0v) is 20.4. The molecule has 0 spiro atoms. The van der Waals surface area contributed by atoms with Crippen molar-refractivity contribution in [3.05, 3.63) is 12.2 Å². The van der Waals surface area contributed by atoms with Crippen molar-refractivity contribution in [1.82, 2.24) is 0 Å². The van der Waals surface area contributed by atoms with E-state index in [0.717, 1.165) is 38.5 Å². The monoisotopic (exact) mass is 542 g/mol. The standard InChI is InChI=1S/C22H36ClIO5/c1-14(5-4-10-23)11-15(25)8-9-16-17-12-21(29-20(17)13-19(16)26)18(24)6-3-7-22(27)28-2/h8-9,14-21,25-26H,3-7,10-13H2,1-2H3/t14-,15-,16-,17-,18?,19-,20-,21?/m1/s1. The summed E-state index contributed by atoms with van der Waals surface area (Å²) in [6.07, 6.45) is 9.68. The number of alkyl halides is 2. The van der Waals surface area contributed by atoms with E-state index in [1.54, 1.807) is 0 Å². The predicted molar refractivity (Wildman–Crippen MR) is 123 cm³/mol. The quantitative estimate of drug-likeness (QED) is 0.167. The fourth-order valence-electron chi connectivity index (χ4n) is 4.64. The number of rotatable bonds is 12. The van der Waals surface area contributed by atoms with Crippen LogP contribution < -0.4 is 0 Å². The van der Waals surface area contributed by atoms with Crippen LogP contribution in [0, 0.1) is 17.8 Å². The molecule has 0 aromatic rings. The number of aliphatic hydroxyl groups excluding tert-OH is 2. The van der Waals surface area contributed by atoms with Gasteiger partial charge in [0.1, 0.15) is 0 Å². The van der Waals surface area contributed by atoms with Crippen molar-refractivity contribution in [2.75, 3.05) is 13.0 Å². The lowest BCUT2D eigenvalue weighted by Gasteiger charge is -2.21. The summed E-state index contributed by atoms with van der Waals surface area (Å²) in [5, 5.41) is 20.8. The van der Waals surface area contributed by atoms with Crippen LogP contribution in [0.15, 0.2) is 12.2 Å². The largest absolute Gasteiger partial charge is 0.469 e. The molecule has 1 saturated carbocycles. The number of hydrogen-bond donors (Lipinski definition) is 2. The Labute approximate surface area is 193 Å². The van der Waals surface area contributed by atoms with Gasteiger partial charge in [-0.25, -0.2) is 0 Å². The molecular weight excluding hydrogens is 507 g/mol. The van der Waals surface area contributed by atoms with E-state index >= 15 is 0 Å². The number of hydrogen-bond acceptors (Lipinski definition) is 5. The van der Waals surface area contributed by atoms with E-state index in [1.807, 2.05) is 12.2 Å². The van der Waals surface area contributed by atoms with Crippen LogP contribution in [0.3, 0.4) is 0 Å². The Balaban J connectivity index is 1.81. The summed E-state index contributed by atoms with van der Waals surface area (Å²) in [6, 6.07) is 0. The molecule has 2 fully saturated rings. The number of halogens is 2. The van der Waals surface area contributed by atoms with Crippen molar-refractivity contribution < 1.29 is 24.5 Å². The highest BCUT2D eigenvalue weighted by Gasteiger charge is 2.49. The van der Waals surface area contributed by atoms with E-state index in [-0.39, 0.29) is 24.1 Å². The van der Waals surface area contributed by atoms with Gasteiger partial charge in [0, 0.05) is 28.6 Å². The SMILES string of the molecule is COC(=O)CCCC(I)C1C[C@@H]2[C@@H](C=C[C@@H](O)C[C@H](C)CCCCl)[C@H](O)C[C@H]2O1. The molecule has 1 heterocycles. The van der Waals surface area contributed by atoms with Crippen LogP contribution >= 0.6 is 34.2 Å². The number of carbonyl (C=O) groups is 1. The third-order valence-corrected chi connectivity index (χ3v) is 7.96. The maximum Gasteiger partial charge on any atom is 0.305 e. The summed E-state index contributed by atoms with van der Waals surface area (Å²) in [5.74, 6) is 1.26. The number of fused-ring (bicyclic) bond motifs is 1. The van der Waals surface area contributed by atoms with Gasteiger partial charge in [-0.05, 0) is 50.4 Å². The summed E-state index contributed by atoms with van der Waals surface area (Å²) in [7, 11) is 1.42. The molecule has 0 aromatic heterocycles. The van der Waals surface area contributed by atoms with E-state index in [4.69, 9.17) is 21.1 Å². The molecule has 5 nitrogen and oxygen atoms in total. The smallest absolute Gasteiger partial charge is 0.305 e. The maximum absolute atomic E-state index is 11.3. The lowest BCUT2D eigenvalue weighted by atomic mass is 9.88. The first-order chi connectivity index (χ1) is 13.8. The zero-order chi connectivity index (χ0) is 21.4. The van der Waals surface area contributed by atoms with Crippen LogP contribution in [0.2, 0.25) is 0 Å². The lowest BCUT2D eigenvalue weighted by molar-refractivity contribution is -0.140. The fraction of sp³-hybridized carbons (Fsp3) is 0.864. The van der Waals surface area contributed by atoms with E-state index < -0.39 is 12.2 Å². The van der Waals surface area contributed by atoms with Gasteiger partial charge in [0.05, 0.1) is 31.5 Å². The Morgan fingerprint density at radius 3 is 2.79 bits per heavy atom.